The summed E-state index contributed by atoms with van der Waals surface area (Å²) in [5.74, 6) is -1.68. The molecule has 0 spiro atoms. The number of amides is 4. The van der Waals surface area contributed by atoms with Crippen LogP contribution in [0.5, 0.6) is 5.75 Å². The monoisotopic (exact) mass is 718 g/mol. The Morgan fingerprint density at radius 1 is 1.02 bits per heavy atom. The molecule has 0 saturated heterocycles. The van der Waals surface area contributed by atoms with Gasteiger partial charge in [-0.1, -0.05) is 6.92 Å². The average Bonchev–Trinajstić information content (AvgIpc) is 3.04. The summed E-state index contributed by atoms with van der Waals surface area (Å²) in [7, 11) is 1.50. The van der Waals surface area contributed by atoms with Gasteiger partial charge in [0.25, 0.3) is 5.91 Å². The summed E-state index contributed by atoms with van der Waals surface area (Å²) in [6, 6.07) is 6.95. The smallest absolute Gasteiger partial charge is 0.416 e. The Bertz CT molecular complexity index is 1440. The number of likely N-dealkylation sites (N-methyl/N-ethyl adjacent to an activating group) is 1. The van der Waals surface area contributed by atoms with E-state index < -0.39 is 73.3 Å². The molecule has 50 heavy (non-hydrogen) atoms. The SMILES string of the molecule is C[C@@H]1CN([C@H](C)CO)C(=O)c2cc(NC(=O)CCC(F)(F)F)ccc2O[C@@H](C)CCCCO[C@H]1CN(C)C(=O)Nc1ccc(C(F)(F)F)cc1. The molecule has 0 aromatic heterocycles. The van der Waals surface area contributed by atoms with Crippen LogP contribution in [-0.2, 0) is 15.7 Å². The van der Waals surface area contributed by atoms with E-state index in [-0.39, 0.29) is 41.9 Å². The number of hydrogen-bond acceptors (Lipinski definition) is 6. The zero-order valence-corrected chi connectivity index (χ0v) is 28.4. The highest BCUT2D eigenvalue weighted by molar-refractivity contribution is 5.99. The second-order valence-electron chi connectivity index (χ2n) is 12.6. The molecule has 4 amide bonds. The van der Waals surface area contributed by atoms with Crippen molar-refractivity contribution in [3.8, 4) is 5.75 Å². The Balaban J connectivity index is 1.85. The fourth-order valence-corrected chi connectivity index (χ4v) is 5.26. The number of nitrogens with one attached hydrogen (secondary N) is 2. The van der Waals surface area contributed by atoms with Gasteiger partial charge in [-0.3, -0.25) is 9.59 Å². The first kappa shape index (κ1) is 40.4. The molecule has 16 heteroatoms. The number of fused-ring (bicyclic) bond motifs is 1. The number of halogens is 6. The standard InChI is InChI=1S/C34H44F6N4O6/c1-21-18-44(22(2)20-45)31(47)27-17-26(41-30(46)14-15-33(35,36)37)12-13-28(27)50-23(3)7-5-6-16-49-29(21)19-43(4)32(48)42-25-10-8-24(9-11-25)34(38,39)40/h8-13,17,21-23,29,45H,5-7,14-16,18-20H2,1-4H3,(H,41,46)(H,42,48)/t21-,22-,23+,29+/m1/s1. The fourth-order valence-electron chi connectivity index (χ4n) is 5.26. The van der Waals surface area contributed by atoms with E-state index in [1.807, 2.05) is 6.92 Å². The Hall–Kier alpha value is -4.05. The number of aliphatic hydroxyl groups is 1. The van der Waals surface area contributed by atoms with E-state index in [0.717, 1.165) is 24.3 Å². The summed E-state index contributed by atoms with van der Waals surface area (Å²) in [6.45, 7) is 5.24. The van der Waals surface area contributed by atoms with Gasteiger partial charge in [0, 0.05) is 50.5 Å². The van der Waals surface area contributed by atoms with Crippen LogP contribution in [0.25, 0.3) is 0 Å². The van der Waals surface area contributed by atoms with Gasteiger partial charge in [0.1, 0.15) is 5.75 Å². The van der Waals surface area contributed by atoms with E-state index in [1.54, 1.807) is 13.8 Å². The van der Waals surface area contributed by atoms with Crippen LogP contribution in [0.4, 0.5) is 42.5 Å². The number of urea groups is 1. The van der Waals surface area contributed by atoms with Crippen molar-refractivity contribution < 1.29 is 55.3 Å². The van der Waals surface area contributed by atoms with Gasteiger partial charge in [0.15, 0.2) is 0 Å². The van der Waals surface area contributed by atoms with Gasteiger partial charge >= 0.3 is 18.4 Å². The molecule has 10 nitrogen and oxygen atoms in total. The maximum Gasteiger partial charge on any atom is 0.416 e. The topological polar surface area (TPSA) is 120 Å². The van der Waals surface area contributed by atoms with Gasteiger partial charge in [0.2, 0.25) is 5.91 Å². The van der Waals surface area contributed by atoms with Crippen LogP contribution in [0.2, 0.25) is 0 Å². The van der Waals surface area contributed by atoms with E-state index in [4.69, 9.17) is 9.47 Å². The first-order valence-electron chi connectivity index (χ1n) is 16.3. The number of carbonyl (C=O) groups excluding carboxylic acids is 3. The second-order valence-corrected chi connectivity index (χ2v) is 12.6. The predicted molar refractivity (Wildman–Crippen MR) is 174 cm³/mol. The lowest BCUT2D eigenvalue weighted by Gasteiger charge is -2.35. The molecule has 4 atom stereocenters. The molecule has 3 N–H and O–H groups in total. The van der Waals surface area contributed by atoms with Gasteiger partial charge in [-0.05, 0) is 75.6 Å². The molecule has 0 bridgehead atoms. The third-order valence-corrected chi connectivity index (χ3v) is 8.23. The highest BCUT2D eigenvalue weighted by Crippen LogP contribution is 2.31. The molecule has 278 valence electrons. The van der Waals surface area contributed by atoms with Crippen molar-refractivity contribution >= 4 is 29.2 Å². The molecule has 2 aromatic carbocycles. The molecule has 0 saturated carbocycles. The highest BCUT2D eigenvalue weighted by Gasteiger charge is 2.33. The van der Waals surface area contributed by atoms with Crippen LogP contribution < -0.4 is 15.4 Å². The lowest BCUT2D eigenvalue weighted by atomic mass is 10.0. The Kier molecular flexibility index (Phi) is 14.3. The highest BCUT2D eigenvalue weighted by atomic mass is 19.4. The van der Waals surface area contributed by atoms with Crippen molar-refractivity contribution in [2.24, 2.45) is 5.92 Å². The van der Waals surface area contributed by atoms with Gasteiger partial charge < -0.3 is 35.0 Å². The maximum atomic E-state index is 14.2. The number of alkyl halides is 6. The molecule has 0 fully saturated rings. The summed E-state index contributed by atoms with van der Waals surface area (Å²) in [5.41, 5.74) is -0.574. The zero-order valence-electron chi connectivity index (χ0n) is 28.4. The van der Waals surface area contributed by atoms with E-state index in [1.165, 1.54) is 35.0 Å². The normalized spacial score (nSPS) is 20.2. The molecule has 2 aromatic rings. The largest absolute Gasteiger partial charge is 0.490 e. The van der Waals surface area contributed by atoms with Crippen molar-refractivity contribution in [2.45, 2.75) is 83.5 Å². The van der Waals surface area contributed by atoms with Gasteiger partial charge in [-0.15, -0.1) is 0 Å². The number of hydrogen-bond donors (Lipinski definition) is 3. The molecule has 1 heterocycles. The van der Waals surface area contributed by atoms with Crippen molar-refractivity contribution in [1.82, 2.24) is 9.80 Å². The summed E-state index contributed by atoms with van der Waals surface area (Å²) >= 11 is 0. The van der Waals surface area contributed by atoms with Crippen molar-refractivity contribution in [1.29, 1.82) is 0 Å². The van der Waals surface area contributed by atoms with Crippen molar-refractivity contribution in [3.63, 3.8) is 0 Å². The molecule has 0 radical (unpaired) electrons. The molecule has 0 unspecified atom stereocenters. The minimum Gasteiger partial charge on any atom is -0.490 e. The van der Waals surface area contributed by atoms with E-state index >= 15 is 0 Å². The van der Waals surface area contributed by atoms with Crippen LogP contribution >= 0.6 is 0 Å². The number of benzene rings is 2. The van der Waals surface area contributed by atoms with E-state index in [2.05, 4.69) is 10.6 Å². The van der Waals surface area contributed by atoms with E-state index in [0.29, 0.717) is 25.9 Å². The average molecular weight is 719 g/mol. The number of aliphatic hydroxyl groups excluding tert-OH is 1. The summed E-state index contributed by atoms with van der Waals surface area (Å²) in [5, 5.41) is 15.1. The number of rotatable bonds is 8. The summed E-state index contributed by atoms with van der Waals surface area (Å²) < 4.78 is 89.2. The number of nitrogens with zero attached hydrogens (tertiary/aromatic N) is 2. The van der Waals surface area contributed by atoms with Gasteiger partial charge in [-0.2, -0.15) is 26.3 Å². The first-order chi connectivity index (χ1) is 23.4. The minimum absolute atomic E-state index is 0.0283. The molecule has 0 aliphatic carbocycles. The fraction of sp³-hybridized carbons (Fsp3) is 0.559. The first-order valence-corrected chi connectivity index (χ1v) is 16.3. The molecule has 1 aliphatic rings. The number of ether oxygens (including phenoxy) is 2. The summed E-state index contributed by atoms with van der Waals surface area (Å²) in [4.78, 5) is 42.2. The Labute approximate surface area is 287 Å². The quantitative estimate of drug-likeness (QED) is 0.255. The second kappa shape index (κ2) is 17.7. The van der Waals surface area contributed by atoms with Gasteiger partial charge in [0.05, 0.1) is 42.4 Å². The van der Waals surface area contributed by atoms with Crippen molar-refractivity contribution in [3.05, 3.63) is 53.6 Å². The molecule has 3 rings (SSSR count). The van der Waals surface area contributed by atoms with Crippen LogP contribution in [0.15, 0.2) is 42.5 Å². The molecular formula is C34H44F6N4O6. The van der Waals surface area contributed by atoms with Crippen LogP contribution in [0, 0.1) is 5.92 Å². The molecule has 1 aliphatic heterocycles. The number of carbonyl (C=O) groups is 3. The number of anilines is 2. The van der Waals surface area contributed by atoms with E-state index in [9.17, 15) is 45.8 Å². The Morgan fingerprint density at radius 2 is 1.68 bits per heavy atom. The lowest BCUT2D eigenvalue weighted by Crippen LogP contribution is -2.48. The van der Waals surface area contributed by atoms with Crippen LogP contribution in [0.1, 0.15) is 68.8 Å². The Morgan fingerprint density at radius 3 is 2.30 bits per heavy atom. The lowest BCUT2D eigenvalue weighted by molar-refractivity contribution is -0.142. The molecular weight excluding hydrogens is 674 g/mol. The minimum atomic E-state index is -4.52. The summed E-state index contributed by atoms with van der Waals surface area (Å²) in [6.07, 6.45) is -10.2. The zero-order chi connectivity index (χ0) is 37.2. The third-order valence-electron chi connectivity index (χ3n) is 8.23. The third kappa shape index (κ3) is 12.4. The van der Waals surface area contributed by atoms with Gasteiger partial charge in [-0.25, -0.2) is 4.79 Å². The maximum absolute atomic E-state index is 14.2. The predicted octanol–water partition coefficient (Wildman–Crippen LogP) is 6.95. The van der Waals surface area contributed by atoms with Crippen LogP contribution in [-0.4, -0.2) is 90.5 Å². The van der Waals surface area contributed by atoms with Crippen molar-refractivity contribution in [2.75, 3.05) is 44.0 Å². The van der Waals surface area contributed by atoms with Crippen LogP contribution in [0.3, 0.4) is 0 Å².